The van der Waals surface area contributed by atoms with Crippen LogP contribution in [0.15, 0.2) is 18.2 Å². The number of nitrogens with one attached hydrogen (secondary N) is 1. The van der Waals surface area contributed by atoms with Crippen molar-refractivity contribution >= 4 is 51.3 Å². The molecule has 3 nitrogen and oxygen atoms in total. The first kappa shape index (κ1) is 26.3. The van der Waals surface area contributed by atoms with Gasteiger partial charge in [-0.3, -0.25) is 4.79 Å². The number of halogens is 5. The average molecular weight is 525 g/mol. The van der Waals surface area contributed by atoms with Gasteiger partial charge in [0, 0.05) is 30.3 Å². The summed E-state index contributed by atoms with van der Waals surface area (Å²) < 4.78 is 65.0. The van der Waals surface area contributed by atoms with Crippen LogP contribution in [0, 0.1) is 17.6 Å². The van der Waals surface area contributed by atoms with E-state index in [2.05, 4.69) is 5.32 Å². The average Bonchev–Trinajstić information content (AvgIpc) is 3.48. The van der Waals surface area contributed by atoms with Crippen molar-refractivity contribution in [2.45, 2.75) is 69.8 Å². The van der Waals surface area contributed by atoms with Crippen molar-refractivity contribution in [1.29, 1.82) is 0 Å². The summed E-state index contributed by atoms with van der Waals surface area (Å²) >= 11 is 11.6. The lowest BCUT2D eigenvalue weighted by molar-refractivity contribution is -0.129. The highest BCUT2D eigenvalue weighted by molar-refractivity contribution is 8.13. The van der Waals surface area contributed by atoms with E-state index in [-0.39, 0.29) is 29.0 Å². The van der Waals surface area contributed by atoms with Crippen molar-refractivity contribution in [3.63, 3.8) is 0 Å². The Labute approximate surface area is 204 Å². The quantitative estimate of drug-likeness (QED) is 0.301. The number of carbonyl (C=O) groups is 1. The minimum atomic E-state index is -4.30. The Kier molecular flexibility index (Phi) is 9.08. The molecular weight excluding hydrogens is 499 g/mol. The van der Waals surface area contributed by atoms with E-state index >= 15 is 0 Å². The molecule has 1 aliphatic carbocycles. The molecule has 0 amide bonds. The molecule has 0 radical (unpaired) electrons. The molecule has 182 valence electrons. The van der Waals surface area contributed by atoms with Crippen LogP contribution >= 0.6 is 36.2 Å². The molecule has 11 heteroatoms. The minimum Gasteiger partial charge on any atom is -0.369 e. The van der Waals surface area contributed by atoms with E-state index in [0.717, 1.165) is 18.9 Å². The molecule has 1 N–H and O–H groups in total. The van der Waals surface area contributed by atoms with Crippen LogP contribution in [0.3, 0.4) is 0 Å². The lowest BCUT2D eigenvalue weighted by Crippen LogP contribution is -2.42. The normalized spacial score (nSPS) is 19.6. The maximum atomic E-state index is 14.1. The Hall–Kier alpha value is -1.33. The summed E-state index contributed by atoms with van der Waals surface area (Å²) in [6.07, 6.45) is -1.10. The van der Waals surface area contributed by atoms with Crippen LogP contribution in [0.4, 0.5) is 22.0 Å². The second-order valence-corrected chi connectivity index (χ2v) is 10.5. The number of thioether (sulfide) groups is 1. The van der Waals surface area contributed by atoms with E-state index < -0.39 is 30.3 Å². The molecule has 1 aliphatic heterocycles. The maximum absolute atomic E-state index is 14.1. The van der Waals surface area contributed by atoms with E-state index in [4.69, 9.17) is 24.4 Å². The SMILES string of the molecule is O=C(SCCC(F)(F)F)[C@H](CC1CC1)NC(=S)C[C@@H]1CCC(=S)N1Cc1cccc(F)c1F. The van der Waals surface area contributed by atoms with E-state index in [1.807, 2.05) is 4.90 Å². The molecule has 1 aromatic rings. The Morgan fingerprint density at radius 3 is 2.64 bits per heavy atom. The molecule has 0 aromatic heterocycles. The first-order valence-electron chi connectivity index (χ1n) is 10.8. The van der Waals surface area contributed by atoms with Crippen molar-refractivity contribution in [2.75, 3.05) is 5.75 Å². The van der Waals surface area contributed by atoms with Crippen LogP contribution in [0.5, 0.6) is 0 Å². The van der Waals surface area contributed by atoms with Gasteiger partial charge in [-0.1, -0.05) is 61.2 Å². The Bertz CT molecular complexity index is 891. The molecule has 0 bridgehead atoms. The van der Waals surface area contributed by atoms with Crippen LogP contribution in [0.2, 0.25) is 0 Å². The van der Waals surface area contributed by atoms with E-state index in [9.17, 15) is 26.7 Å². The van der Waals surface area contributed by atoms with Gasteiger partial charge in [0.1, 0.15) is 0 Å². The largest absolute Gasteiger partial charge is 0.389 e. The fraction of sp³-hybridized carbons (Fsp3) is 0.591. The van der Waals surface area contributed by atoms with Crippen LogP contribution in [-0.4, -0.2) is 44.0 Å². The number of nitrogens with zero attached hydrogens (tertiary/aromatic N) is 1. The van der Waals surface area contributed by atoms with E-state index in [0.29, 0.717) is 53.3 Å². The van der Waals surface area contributed by atoms with Crippen molar-refractivity contribution in [2.24, 2.45) is 5.92 Å². The van der Waals surface area contributed by atoms with E-state index in [1.165, 1.54) is 12.1 Å². The van der Waals surface area contributed by atoms with Crippen molar-refractivity contribution in [3.8, 4) is 0 Å². The summed E-state index contributed by atoms with van der Waals surface area (Å²) in [5.41, 5.74) is 0.200. The van der Waals surface area contributed by atoms with Gasteiger partial charge in [-0.15, -0.1) is 0 Å². The summed E-state index contributed by atoms with van der Waals surface area (Å²) in [5, 5.41) is 2.72. The second-order valence-electron chi connectivity index (χ2n) is 8.46. The van der Waals surface area contributed by atoms with Crippen LogP contribution < -0.4 is 5.32 Å². The van der Waals surface area contributed by atoms with Gasteiger partial charge in [0.15, 0.2) is 11.6 Å². The number of hydrogen-bond acceptors (Lipinski definition) is 4. The summed E-state index contributed by atoms with van der Waals surface area (Å²) in [6.45, 7) is 0.118. The maximum Gasteiger partial charge on any atom is 0.389 e. The standard InChI is InChI=1S/C22H25F5N2OS3/c23-16-3-1-2-14(20(16)24)12-29-15(6-7-19(29)32)11-18(31)28-17(10-13-4-5-13)21(30)33-9-8-22(25,26)27/h1-3,13,15,17H,4-12H2,(H,28,31)/t15-,17-/m0/s1. The number of hydrogen-bond donors (Lipinski definition) is 1. The van der Waals surface area contributed by atoms with Gasteiger partial charge in [0.05, 0.1) is 22.4 Å². The lowest BCUT2D eigenvalue weighted by atomic mass is 10.1. The zero-order chi connectivity index (χ0) is 24.2. The summed E-state index contributed by atoms with van der Waals surface area (Å²) in [4.78, 5) is 15.4. The molecule has 0 spiro atoms. The number of likely N-dealkylation sites (tertiary alicyclic amines) is 1. The van der Waals surface area contributed by atoms with Crippen molar-refractivity contribution in [3.05, 3.63) is 35.4 Å². The third-order valence-corrected chi connectivity index (χ3v) is 7.46. The third-order valence-electron chi connectivity index (χ3n) is 5.76. The molecule has 1 heterocycles. The zero-order valence-corrected chi connectivity index (χ0v) is 20.2. The zero-order valence-electron chi connectivity index (χ0n) is 17.8. The number of alkyl halides is 3. The highest BCUT2D eigenvalue weighted by atomic mass is 32.2. The first-order chi connectivity index (χ1) is 15.5. The van der Waals surface area contributed by atoms with Gasteiger partial charge in [0.2, 0.25) is 5.12 Å². The molecule has 1 aromatic carbocycles. The van der Waals surface area contributed by atoms with Gasteiger partial charge in [-0.25, -0.2) is 8.78 Å². The molecule has 3 rings (SSSR count). The Morgan fingerprint density at radius 1 is 1.24 bits per heavy atom. The summed E-state index contributed by atoms with van der Waals surface area (Å²) in [7, 11) is 0. The van der Waals surface area contributed by atoms with Gasteiger partial charge < -0.3 is 10.2 Å². The first-order valence-corrected chi connectivity index (χ1v) is 12.6. The fourth-order valence-corrected chi connectivity index (χ4v) is 5.37. The van der Waals surface area contributed by atoms with Crippen molar-refractivity contribution in [1.82, 2.24) is 10.2 Å². The van der Waals surface area contributed by atoms with Crippen LogP contribution in [0.25, 0.3) is 0 Å². The van der Waals surface area contributed by atoms with Gasteiger partial charge in [-0.2, -0.15) is 13.2 Å². The number of thiocarbonyl (C=S) groups is 2. The molecule has 1 saturated carbocycles. The summed E-state index contributed by atoms with van der Waals surface area (Å²) in [6, 6.07) is 3.25. The highest BCUT2D eigenvalue weighted by Crippen LogP contribution is 2.35. The van der Waals surface area contributed by atoms with E-state index in [1.54, 1.807) is 0 Å². The summed E-state index contributed by atoms with van der Waals surface area (Å²) in [5.74, 6) is -1.76. The Balaban J connectivity index is 1.58. The molecule has 33 heavy (non-hydrogen) atoms. The number of benzene rings is 1. The van der Waals surface area contributed by atoms with Crippen LogP contribution in [-0.2, 0) is 11.3 Å². The van der Waals surface area contributed by atoms with Crippen molar-refractivity contribution < 1.29 is 26.7 Å². The lowest BCUT2D eigenvalue weighted by Gasteiger charge is -2.28. The molecule has 2 atom stereocenters. The number of carbonyl (C=O) groups excluding carboxylic acids is 1. The van der Waals surface area contributed by atoms with Gasteiger partial charge in [0.25, 0.3) is 0 Å². The minimum absolute atomic E-state index is 0.118. The Morgan fingerprint density at radius 2 is 1.97 bits per heavy atom. The monoisotopic (exact) mass is 524 g/mol. The van der Waals surface area contributed by atoms with Crippen LogP contribution in [0.1, 0.15) is 50.5 Å². The molecule has 2 aliphatic rings. The predicted octanol–water partition coefficient (Wildman–Crippen LogP) is 5.94. The number of rotatable bonds is 10. The molecule has 1 saturated heterocycles. The highest BCUT2D eigenvalue weighted by Gasteiger charge is 2.34. The fourth-order valence-electron chi connectivity index (χ4n) is 3.81. The predicted molar refractivity (Wildman–Crippen MR) is 127 cm³/mol. The molecular formula is C22H25F5N2OS3. The molecule has 2 fully saturated rings. The molecule has 0 unspecified atom stereocenters. The van der Waals surface area contributed by atoms with Gasteiger partial charge >= 0.3 is 6.18 Å². The van der Waals surface area contributed by atoms with Gasteiger partial charge in [-0.05, 0) is 31.2 Å². The smallest absolute Gasteiger partial charge is 0.369 e. The second kappa shape index (κ2) is 11.4. The topological polar surface area (TPSA) is 32.3 Å². The third kappa shape index (κ3) is 8.13.